The van der Waals surface area contributed by atoms with Crippen LogP contribution >= 0.6 is 0 Å². The normalized spacial score (nSPS) is 10.1. The van der Waals surface area contributed by atoms with E-state index in [1.54, 1.807) is 0 Å². The number of nitrogens with zero attached hydrogens (tertiary/aromatic N) is 2. The van der Waals surface area contributed by atoms with E-state index in [9.17, 15) is 8.78 Å². The second-order valence-corrected chi connectivity index (χ2v) is 2.80. The molecule has 0 aliphatic carbocycles. The molecule has 2 nitrogen and oxygen atoms in total. The van der Waals surface area contributed by atoms with Gasteiger partial charge in [0.25, 0.3) is 0 Å². The first-order valence-electron chi connectivity index (χ1n) is 3.85. The van der Waals surface area contributed by atoms with Crippen molar-refractivity contribution >= 4 is 10.9 Å². The van der Waals surface area contributed by atoms with Gasteiger partial charge in [-0.15, -0.1) is 0 Å². The summed E-state index contributed by atoms with van der Waals surface area (Å²) in [5.74, 6) is -1.39. The molecule has 2 rings (SSSR count). The Labute approximate surface area is 78.4 Å². The largest absolute Gasteiger partial charge is 0.252 e. The number of halogens is 2. The van der Waals surface area contributed by atoms with Crippen molar-refractivity contribution in [2.75, 3.05) is 0 Å². The molecule has 0 amide bonds. The molecule has 0 unspecified atom stereocenters. The lowest BCUT2D eigenvalue weighted by Crippen LogP contribution is -1.88. The molecule has 1 aromatic heterocycles. The lowest BCUT2D eigenvalue weighted by molar-refractivity contribution is 0.590. The van der Waals surface area contributed by atoms with Crippen LogP contribution in [0.25, 0.3) is 10.9 Å². The van der Waals surface area contributed by atoms with Crippen molar-refractivity contribution in [3.05, 3.63) is 41.6 Å². The zero-order valence-electron chi connectivity index (χ0n) is 6.96. The Hall–Kier alpha value is -2.02. The van der Waals surface area contributed by atoms with Gasteiger partial charge in [0.2, 0.25) is 0 Å². The molecule has 4 heteroatoms. The molecule has 1 aromatic carbocycles. The van der Waals surface area contributed by atoms with Gasteiger partial charge in [-0.05, 0) is 12.1 Å². The zero-order chi connectivity index (χ0) is 10.1. The Morgan fingerprint density at radius 1 is 1.21 bits per heavy atom. The fraction of sp³-hybridized carbons (Fsp3) is 0. The number of hydrogen-bond donors (Lipinski definition) is 0. The van der Waals surface area contributed by atoms with Gasteiger partial charge in [0.15, 0.2) is 5.82 Å². The number of rotatable bonds is 0. The van der Waals surface area contributed by atoms with Crippen LogP contribution in [0.2, 0.25) is 0 Å². The van der Waals surface area contributed by atoms with Crippen LogP contribution in [0, 0.1) is 23.0 Å². The number of hydrogen-bond acceptors (Lipinski definition) is 2. The molecule has 0 saturated heterocycles. The summed E-state index contributed by atoms with van der Waals surface area (Å²) in [5, 5.41) is 8.85. The first-order chi connectivity index (χ1) is 6.70. The molecule has 0 atom stereocenters. The molecule has 0 aliphatic rings. The Balaban J connectivity index is 2.83. The predicted octanol–water partition coefficient (Wildman–Crippen LogP) is 2.38. The number of aromatic nitrogens is 1. The summed E-state index contributed by atoms with van der Waals surface area (Å²) in [7, 11) is 0. The Bertz CT molecular complexity index is 544. The molecular formula is C10H4F2N2. The van der Waals surface area contributed by atoms with Crippen LogP contribution in [0.3, 0.4) is 0 Å². The number of benzene rings is 1. The van der Waals surface area contributed by atoms with Crippen LogP contribution in [0.15, 0.2) is 24.4 Å². The first-order valence-corrected chi connectivity index (χ1v) is 3.85. The van der Waals surface area contributed by atoms with Crippen molar-refractivity contribution in [2.45, 2.75) is 0 Å². The Kier molecular flexibility index (Phi) is 1.86. The van der Waals surface area contributed by atoms with E-state index >= 15 is 0 Å². The van der Waals surface area contributed by atoms with E-state index in [4.69, 9.17) is 5.26 Å². The van der Waals surface area contributed by atoms with Crippen LogP contribution in [-0.4, -0.2) is 4.98 Å². The summed E-state index contributed by atoms with van der Waals surface area (Å²) in [6.45, 7) is 0. The van der Waals surface area contributed by atoms with Gasteiger partial charge in [-0.25, -0.2) is 8.78 Å². The molecule has 0 spiro atoms. The summed E-state index contributed by atoms with van der Waals surface area (Å²) in [6, 6.07) is 5.16. The third-order valence-corrected chi connectivity index (χ3v) is 1.83. The molecule has 0 bridgehead atoms. The molecule has 0 N–H and O–H groups in total. The molecule has 68 valence electrons. The van der Waals surface area contributed by atoms with Gasteiger partial charge < -0.3 is 0 Å². The van der Waals surface area contributed by atoms with E-state index in [0.717, 1.165) is 12.1 Å². The summed E-state index contributed by atoms with van der Waals surface area (Å²) in [4.78, 5) is 3.73. The van der Waals surface area contributed by atoms with Crippen LogP contribution in [0.5, 0.6) is 0 Å². The van der Waals surface area contributed by atoms with Gasteiger partial charge in [0.05, 0.1) is 5.56 Å². The van der Waals surface area contributed by atoms with E-state index in [-0.39, 0.29) is 11.1 Å². The lowest BCUT2D eigenvalue weighted by Gasteiger charge is -1.98. The minimum absolute atomic E-state index is 0.0744. The third-order valence-electron chi connectivity index (χ3n) is 1.83. The summed E-state index contributed by atoms with van der Waals surface area (Å²) >= 11 is 0. The third kappa shape index (κ3) is 1.29. The molecule has 0 fully saturated rings. The minimum Gasteiger partial charge on any atom is -0.252 e. The summed E-state index contributed by atoms with van der Waals surface area (Å²) < 4.78 is 25.9. The molecule has 1 heterocycles. The van der Waals surface area contributed by atoms with Crippen molar-refractivity contribution in [1.29, 1.82) is 5.26 Å². The molecule has 0 radical (unpaired) electrons. The number of pyridine rings is 1. The summed E-state index contributed by atoms with van der Waals surface area (Å²) in [5.41, 5.74) is 0.355. The highest BCUT2D eigenvalue weighted by atomic mass is 19.1. The molecular weight excluding hydrogens is 186 g/mol. The Morgan fingerprint density at radius 2 is 2.00 bits per heavy atom. The van der Waals surface area contributed by atoms with Crippen molar-refractivity contribution < 1.29 is 8.78 Å². The van der Waals surface area contributed by atoms with Crippen LogP contribution in [0.4, 0.5) is 8.78 Å². The van der Waals surface area contributed by atoms with Gasteiger partial charge in [-0.1, -0.05) is 0 Å². The zero-order valence-corrected chi connectivity index (χ0v) is 6.96. The molecule has 0 aliphatic heterocycles. The van der Waals surface area contributed by atoms with E-state index in [0.29, 0.717) is 5.39 Å². The fourth-order valence-corrected chi connectivity index (χ4v) is 1.23. The van der Waals surface area contributed by atoms with Crippen molar-refractivity contribution in [3.8, 4) is 6.07 Å². The van der Waals surface area contributed by atoms with E-state index in [1.807, 2.05) is 6.07 Å². The highest BCUT2D eigenvalue weighted by molar-refractivity contribution is 5.80. The lowest BCUT2D eigenvalue weighted by atomic mass is 10.1. The van der Waals surface area contributed by atoms with Crippen molar-refractivity contribution in [1.82, 2.24) is 4.98 Å². The van der Waals surface area contributed by atoms with Gasteiger partial charge in [0.1, 0.15) is 17.4 Å². The number of fused-ring (bicyclic) bond motifs is 1. The highest BCUT2D eigenvalue weighted by Gasteiger charge is 2.05. The van der Waals surface area contributed by atoms with Gasteiger partial charge in [0, 0.05) is 17.6 Å². The Morgan fingerprint density at radius 3 is 2.71 bits per heavy atom. The van der Waals surface area contributed by atoms with Gasteiger partial charge >= 0.3 is 0 Å². The topological polar surface area (TPSA) is 36.7 Å². The maximum Gasteiger partial charge on any atom is 0.152 e. The van der Waals surface area contributed by atoms with Gasteiger partial charge in [-0.2, -0.15) is 5.26 Å². The van der Waals surface area contributed by atoms with Gasteiger partial charge in [-0.3, -0.25) is 4.98 Å². The van der Waals surface area contributed by atoms with E-state index in [2.05, 4.69) is 4.98 Å². The number of nitriles is 1. The second kappa shape index (κ2) is 3.04. The predicted molar refractivity (Wildman–Crippen MR) is 46.4 cm³/mol. The molecule has 14 heavy (non-hydrogen) atoms. The van der Waals surface area contributed by atoms with Crippen molar-refractivity contribution in [2.24, 2.45) is 0 Å². The average molecular weight is 190 g/mol. The highest BCUT2D eigenvalue weighted by Crippen LogP contribution is 2.18. The minimum atomic E-state index is -0.718. The van der Waals surface area contributed by atoms with Crippen LogP contribution in [0.1, 0.15) is 5.56 Å². The standard InChI is InChI=1S/C10H4F2N2/c11-8-2-7-1-6(4-13)5-14-10(7)9(12)3-8/h1-3,5H. The van der Waals surface area contributed by atoms with Crippen LogP contribution in [-0.2, 0) is 0 Å². The maximum atomic E-state index is 13.1. The molecule has 2 aromatic rings. The fourth-order valence-electron chi connectivity index (χ4n) is 1.23. The van der Waals surface area contributed by atoms with Crippen LogP contribution < -0.4 is 0 Å². The smallest absolute Gasteiger partial charge is 0.152 e. The monoisotopic (exact) mass is 190 g/mol. The summed E-state index contributed by atoms with van der Waals surface area (Å²) in [6.07, 6.45) is 1.25. The van der Waals surface area contributed by atoms with Crippen molar-refractivity contribution in [3.63, 3.8) is 0 Å². The van der Waals surface area contributed by atoms with E-state index in [1.165, 1.54) is 12.3 Å². The van der Waals surface area contributed by atoms with E-state index < -0.39 is 11.6 Å². The second-order valence-electron chi connectivity index (χ2n) is 2.80. The average Bonchev–Trinajstić information content (AvgIpc) is 2.16. The quantitative estimate of drug-likeness (QED) is 0.639. The maximum absolute atomic E-state index is 13.1. The SMILES string of the molecule is N#Cc1cnc2c(F)cc(F)cc2c1. The molecule has 0 saturated carbocycles. The first kappa shape index (κ1) is 8.57.